The average Bonchev–Trinajstić information content (AvgIpc) is 3.15. The zero-order valence-corrected chi connectivity index (χ0v) is 19.0. The number of aliphatic imine (C=N–C) groups is 1. The third-order valence-electron chi connectivity index (χ3n) is 5.00. The van der Waals surface area contributed by atoms with Crippen LogP contribution >= 0.6 is 0 Å². The summed E-state index contributed by atoms with van der Waals surface area (Å²) < 4.78 is 41.2. The highest BCUT2D eigenvalue weighted by Gasteiger charge is 2.25. The van der Waals surface area contributed by atoms with Crippen LogP contribution in [0.25, 0.3) is 6.08 Å². The first-order valence-electron chi connectivity index (χ1n) is 10.0. The quantitative estimate of drug-likeness (QED) is 0.305. The van der Waals surface area contributed by atoms with Crippen molar-refractivity contribution in [3.63, 3.8) is 0 Å². The van der Waals surface area contributed by atoms with Gasteiger partial charge in [0.1, 0.15) is 4.90 Å². The third kappa shape index (κ3) is 4.80. The van der Waals surface area contributed by atoms with Gasteiger partial charge in [-0.25, -0.2) is 9.79 Å². The lowest BCUT2D eigenvalue weighted by molar-refractivity contribution is -0.129. The van der Waals surface area contributed by atoms with Gasteiger partial charge in [0.2, 0.25) is 5.90 Å². The number of methoxy groups -OCH3 is 1. The number of esters is 1. The van der Waals surface area contributed by atoms with Crippen molar-refractivity contribution in [2.45, 2.75) is 18.7 Å². The Labute approximate surface area is 192 Å². The van der Waals surface area contributed by atoms with Crippen molar-refractivity contribution in [2.24, 2.45) is 4.99 Å². The predicted octanol–water partition coefficient (Wildman–Crippen LogP) is 4.42. The van der Waals surface area contributed by atoms with E-state index >= 15 is 0 Å². The smallest absolute Gasteiger partial charge is 0.363 e. The predicted molar refractivity (Wildman–Crippen MR) is 124 cm³/mol. The monoisotopic (exact) mass is 463 g/mol. The zero-order chi connectivity index (χ0) is 23.6. The van der Waals surface area contributed by atoms with Gasteiger partial charge >= 0.3 is 16.1 Å². The summed E-state index contributed by atoms with van der Waals surface area (Å²) in [6.07, 6.45) is 1.54. The molecule has 0 atom stereocenters. The van der Waals surface area contributed by atoms with Gasteiger partial charge in [0.15, 0.2) is 17.2 Å². The van der Waals surface area contributed by atoms with Gasteiger partial charge in [0.25, 0.3) is 0 Å². The minimum absolute atomic E-state index is 0.0262. The van der Waals surface area contributed by atoms with E-state index in [9.17, 15) is 13.2 Å². The fraction of sp³-hybridized carbons (Fsp3) is 0.120. The molecular formula is C25H21NO6S. The highest BCUT2D eigenvalue weighted by atomic mass is 32.2. The Morgan fingerprint density at radius 3 is 2.36 bits per heavy atom. The Hall–Kier alpha value is -3.91. The van der Waals surface area contributed by atoms with Gasteiger partial charge in [0, 0.05) is 5.56 Å². The lowest BCUT2D eigenvalue weighted by Crippen LogP contribution is -2.10. The topological polar surface area (TPSA) is 91.3 Å². The van der Waals surface area contributed by atoms with Gasteiger partial charge < -0.3 is 13.7 Å². The summed E-state index contributed by atoms with van der Waals surface area (Å²) in [5.74, 6) is -0.122. The van der Waals surface area contributed by atoms with Gasteiger partial charge in [-0.15, -0.1) is 0 Å². The Morgan fingerprint density at radius 1 is 0.939 bits per heavy atom. The normalized spacial score (nSPS) is 14.7. The second-order valence-electron chi connectivity index (χ2n) is 7.41. The molecule has 4 rings (SSSR count). The highest BCUT2D eigenvalue weighted by molar-refractivity contribution is 7.87. The fourth-order valence-corrected chi connectivity index (χ4v) is 4.15. The van der Waals surface area contributed by atoms with Gasteiger partial charge in [-0.05, 0) is 61.4 Å². The molecule has 0 spiro atoms. The lowest BCUT2D eigenvalue weighted by atomic mass is 10.1. The van der Waals surface area contributed by atoms with E-state index in [0.29, 0.717) is 5.56 Å². The summed E-state index contributed by atoms with van der Waals surface area (Å²) in [5, 5.41) is 0. The van der Waals surface area contributed by atoms with Crippen molar-refractivity contribution < 1.29 is 26.9 Å². The molecule has 0 unspecified atom stereocenters. The Bertz CT molecular complexity index is 1390. The molecule has 3 aromatic rings. The summed E-state index contributed by atoms with van der Waals surface area (Å²) >= 11 is 0. The molecule has 0 N–H and O–H groups in total. The zero-order valence-electron chi connectivity index (χ0n) is 18.2. The van der Waals surface area contributed by atoms with Gasteiger partial charge in [0.05, 0.1) is 7.11 Å². The molecule has 0 aliphatic carbocycles. The molecule has 7 nitrogen and oxygen atoms in total. The largest absolute Gasteiger partial charge is 0.493 e. The number of aryl methyl sites for hydroxylation is 2. The van der Waals surface area contributed by atoms with E-state index in [1.807, 2.05) is 38.1 Å². The fourth-order valence-electron chi connectivity index (χ4n) is 3.21. The standard InChI is InChI=1S/C25H21NO6S/c1-16-8-11-19(12-9-16)33(28,29)32-22-13-10-18(15-23(22)30-3)14-21-25(27)31-24(26-21)20-7-5-4-6-17(20)2/h4-15H,1-3H3/b21-14-. The van der Waals surface area contributed by atoms with E-state index in [-0.39, 0.29) is 28.0 Å². The van der Waals surface area contributed by atoms with E-state index in [1.54, 1.807) is 24.3 Å². The number of rotatable bonds is 6. The molecule has 0 amide bonds. The third-order valence-corrected chi connectivity index (χ3v) is 6.24. The maximum atomic E-state index is 12.6. The van der Waals surface area contributed by atoms with Crippen LogP contribution in [0.2, 0.25) is 0 Å². The summed E-state index contributed by atoms with van der Waals surface area (Å²) in [6.45, 7) is 3.77. The molecule has 3 aromatic carbocycles. The van der Waals surface area contributed by atoms with Crippen molar-refractivity contribution in [3.8, 4) is 11.5 Å². The molecule has 0 saturated heterocycles. The lowest BCUT2D eigenvalue weighted by Gasteiger charge is -2.11. The summed E-state index contributed by atoms with van der Waals surface area (Å²) in [6, 6.07) is 18.4. The number of hydrogen-bond donors (Lipinski definition) is 0. The minimum Gasteiger partial charge on any atom is -0.493 e. The molecule has 0 bridgehead atoms. The molecule has 33 heavy (non-hydrogen) atoms. The average molecular weight is 464 g/mol. The van der Waals surface area contributed by atoms with Crippen LogP contribution in [0.3, 0.4) is 0 Å². The number of ether oxygens (including phenoxy) is 2. The SMILES string of the molecule is COc1cc(/C=C2\N=C(c3ccccc3C)OC2=O)ccc1OS(=O)(=O)c1ccc(C)cc1. The van der Waals surface area contributed by atoms with Crippen molar-refractivity contribution >= 4 is 28.1 Å². The van der Waals surface area contributed by atoms with E-state index in [1.165, 1.54) is 31.4 Å². The van der Waals surface area contributed by atoms with Crippen molar-refractivity contribution in [1.29, 1.82) is 0 Å². The van der Waals surface area contributed by atoms with E-state index < -0.39 is 16.1 Å². The first-order chi connectivity index (χ1) is 15.8. The summed E-state index contributed by atoms with van der Waals surface area (Å²) in [5.41, 5.74) is 3.28. The maximum absolute atomic E-state index is 12.6. The second-order valence-corrected chi connectivity index (χ2v) is 8.96. The number of carbonyl (C=O) groups is 1. The van der Waals surface area contributed by atoms with E-state index in [2.05, 4.69) is 4.99 Å². The first kappa shape index (κ1) is 22.3. The Morgan fingerprint density at radius 2 is 1.67 bits per heavy atom. The number of carbonyl (C=O) groups excluding carboxylic acids is 1. The van der Waals surface area contributed by atoms with Gasteiger partial charge in [-0.2, -0.15) is 8.42 Å². The van der Waals surface area contributed by atoms with E-state index in [0.717, 1.165) is 16.7 Å². The number of cyclic esters (lactones) is 1. The van der Waals surface area contributed by atoms with Crippen LogP contribution in [0, 0.1) is 13.8 Å². The molecule has 8 heteroatoms. The van der Waals surface area contributed by atoms with Crippen LogP contribution in [0.15, 0.2) is 82.3 Å². The molecular weight excluding hydrogens is 442 g/mol. The van der Waals surface area contributed by atoms with Crippen LogP contribution in [-0.2, 0) is 19.6 Å². The first-order valence-corrected chi connectivity index (χ1v) is 11.5. The van der Waals surface area contributed by atoms with Crippen LogP contribution in [0.4, 0.5) is 0 Å². The number of nitrogens with zero attached hydrogens (tertiary/aromatic N) is 1. The van der Waals surface area contributed by atoms with E-state index in [4.69, 9.17) is 13.7 Å². The molecule has 1 aliphatic rings. The molecule has 1 aliphatic heterocycles. The minimum atomic E-state index is -4.04. The number of benzene rings is 3. The second kappa shape index (κ2) is 8.91. The van der Waals surface area contributed by atoms with Crippen LogP contribution in [-0.4, -0.2) is 27.4 Å². The molecule has 0 aromatic heterocycles. The number of hydrogen-bond acceptors (Lipinski definition) is 7. The van der Waals surface area contributed by atoms with Crippen LogP contribution in [0.1, 0.15) is 22.3 Å². The summed E-state index contributed by atoms with van der Waals surface area (Å²) in [4.78, 5) is 16.7. The van der Waals surface area contributed by atoms with Crippen molar-refractivity contribution in [2.75, 3.05) is 7.11 Å². The molecule has 0 saturated carbocycles. The molecule has 168 valence electrons. The van der Waals surface area contributed by atoms with Crippen LogP contribution in [0.5, 0.6) is 11.5 Å². The summed E-state index contributed by atoms with van der Waals surface area (Å²) in [7, 11) is -2.64. The molecule has 0 radical (unpaired) electrons. The Kier molecular flexibility index (Phi) is 6.02. The molecule has 1 heterocycles. The molecule has 0 fully saturated rings. The van der Waals surface area contributed by atoms with Crippen molar-refractivity contribution in [3.05, 3.63) is 94.7 Å². The van der Waals surface area contributed by atoms with Gasteiger partial charge in [-0.3, -0.25) is 0 Å². The van der Waals surface area contributed by atoms with Gasteiger partial charge in [-0.1, -0.05) is 42.0 Å². The van der Waals surface area contributed by atoms with Crippen molar-refractivity contribution in [1.82, 2.24) is 0 Å². The highest BCUT2D eigenvalue weighted by Crippen LogP contribution is 2.32. The van der Waals surface area contributed by atoms with Crippen LogP contribution < -0.4 is 8.92 Å². The maximum Gasteiger partial charge on any atom is 0.363 e. The Balaban J connectivity index is 1.62.